The van der Waals surface area contributed by atoms with Crippen molar-refractivity contribution in [3.63, 3.8) is 0 Å². The maximum Gasteiger partial charge on any atom is 0.315 e. The van der Waals surface area contributed by atoms with Crippen LogP contribution < -0.4 is 21.7 Å². The zero-order valence-electron chi connectivity index (χ0n) is 30.0. The molecule has 3 fully saturated rings. The predicted octanol–water partition coefficient (Wildman–Crippen LogP) is 1.07. The van der Waals surface area contributed by atoms with Gasteiger partial charge in [-0.05, 0) is 40.4 Å². The number of amides is 5. The topological polar surface area (TPSA) is 191 Å². The Labute approximate surface area is 280 Å². The lowest BCUT2D eigenvalue weighted by molar-refractivity contribution is -0.145. The van der Waals surface area contributed by atoms with E-state index in [2.05, 4.69) is 16.0 Å². The first-order valence-electron chi connectivity index (χ1n) is 16.5. The van der Waals surface area contributed by atoms with Crippen LogP contribution in [0.1, 0.15) is 81.1 Å². The number of carbonyl (C=O) groups excluding carboxylic acids is 5. The molecule has 14 nitrogen and oxygen atoms in total. The number of likely N-dealkylation sites (tertiary alicyclic amines) is 1. The molecule has 3 aliphatic rings. The maximum atomic E-state index is 14.3. The molecule has 0 aromatic rings. The molecule has 5 amide bonds. The highest BCUT2D eigenvalue weighted by Crippen LogP contribution is 2.65. The van der Waals surface area contributed by atoms with Crippen molar-refractivity contribution in [3.8, 4) is 0 Å². The number of Topliss-reactive ketones (excluding diaryl/α,β-unsaturated/α-hetero) is 1. The molecule has 47 heavy (non-hydrogen) atoms. The fourth-order valence-electron chi connectivity index (χ4n) is 6.85. The van der Waals surface area contributed by atoms with Crippen molar-refractivity contribution in [3.05, 3.63) is 0 Å². The molecule has 5 N–H and O–H groups in total. The molecule has 0 radical (unpaired) electrons. The van der Waals surface area contributed by atoms with Gasteiger partial charge in [-0.1, -0.05) is 74.7 Å². The van der Waals surface area contributed by atoms with Crippen LogP contribution in [-0.2, 0) is 29.4 Å². The summed E-state index contributed by atoms with van der Waals surface area (Å²) < 4.78 is 27.6. The number of ketones is 1. The summed E-state index contributed by atoms with van der Waals surface area (Å²) in [7, 11) is 0.559. The molecule has 6 atom stereocenters. The first-order valence-corrected chi connectivity index (χ1v) is 17.9. The summed E-state index contributed by atoms with van der Waals surface area (Å²) in [5.74, 6) is -2.81. The van der Waals surface area contributed by atoms with Crippen molar-refractivity contribution in [2.24, 2.45) is 39.7 Å². The highest BCUT2D eigenvalue weighted by Gasteiger charge is 2.70. The lowest BCUT2D eigenvalue weighted by atomic mass is 9.80. The third-order valence-electron chi connectivity index (χ3n) is 10.5. The van der Waals surface area contributed by atoms with E-state index in [9.17, 15) is 32.4 Å². The van der Waals surface area contributed by atoms with Crippen molar-refractivity contribution in [2.45, 2.75) is 105 Å². The van der Waals surface area contributed by atoms with Crippen molar-refractivity contribution >= 4 is 39.7 Å². The van der Waals surface area contributed by atoms with Gasteiger partial charge in [-0.3, -0.25) is 19.2 Å². The minimum Gasteiger partial charge on any atom is -0.363 e. The summed E-state index contributed by atoms with van der Waals surface area (Å²) >= 11 is 0. The predicted molar refractivity (Wildman–Crippen MR) is 178 cm³/mol. The molecule has 3 rings (SSSR count). The molecule has 0 aromatic heterocycles. The van der Waals surface area contributed by atoms with Crippen LogP contribution in [0.3, 0.4) is 0 Å². The van der Waals surface area contributed by atoms with E-state index in [1.807, 2.05) is 55.4 Å². The number of rotatable bonds is 13. The van der Waals surface area contributed by atoms with Gasteiger partial charge >= 0.3 is 6.03 Å². The van der Waals surface area contributed by atoms with Crippen LogP contribution >= 0.6 is 0 Å². The van der Waals surface area contributed by atoms with E-state index >= 15 is 0 Å². The molecule has 15 heteroatoms. The van der Waals surface area contributed by atoms with E-state index in [1.54, 1.807) is 0 Å². The average molecular weight is 684 g/mol. The molecule has 2 aliphatic carbocycles. The van der Waals surface area contributed by atoms with Gasteiger partial charge < -0.3 is 26.6 Å². The third kappa shape index (κ3) is 8.45. The minimum absolute atomic E-state index is 0.00950. The van der Waals surface area contributed by atoms with E-state index < -0.39 is 74.7 Å². The molecule has 1 saturated heterocycles. The number of primary amides is 1. The number of nitrogens with one attached hydrogen (secondary N) is 3. The van der Waals surface area contributed by atoms with Gasteiger partial charge in [-0.15, -0.1) is 0 Å². The second-order valence-corrected chi connectivity index (χ2v) is 18.9. The van der Waals surface area contributed by atoms with E-state index in [0.717, 1.165) is 27.9 Å². The van der Waals surface area contributed by atoms with Gasteiger partial charge in [0.2, 0.25) is 17.6 Å². The van der Waals surface area contributed by atoms with Crippen molar-refractivity contribution < 1.29 is 32.4 Å². The molecule has 0 bridgehead atoms. The number of hydrogen-bond donors (Lipinski definition) is 4. The van der Waals surface area contributed by atoms with Gasteiger partial charge in [-0.25, -0.2) is 4.79 Å². The van der Waals surface area contributed by atoms with Gasteiger partial charge in [0.25, 0.3) is 16.1 Å². The molecule has 1 aliphatic heterocycles. The van der Waals surface area contributed by atoms with Gasteiger partial charge in [0.15, 0.2) is 0 Å². The van der Waals surface area contributed by atoms with Gasteiger partial charge in [-0.2, -0.15) is 17.0 Å². The quantitative estimate of drug-likeness (QED) is 0.209. The molecular formula is C32H57N7O7S. The van der Waals surface area contributed by atoms with Crippen molar-refractivity contribution in [1.29, 1.82) is 0 Å². The summed E-state index contributed by atoms with van der Waals surface area (Å²) in [5, 5.41) is 8.49. The van der Waals surface area contributed by atoms with Gasteiger partial charge in [0.1, 0.15) is 12.1 Å². The zero-order chi connectivity index (χ0) is 36.0. The largest absolute Gasteiger partial charge is 0.363 e. The fraction of sp³-hybridized carbons (Fsp3) is 0.844. The number of fused-ring (bicyclic) bond motifs is 1. The Balaban J connectivity index is 1.83. The number of likely N-dealkylation sites (N-methyl/N-ethyl adjacent to an activating group) is 1. The first-order chi connectivity index (χ1) is 21.3. The molecule has 0 aromatic carbocycles. The van der Waals surface area contributed by atoms with Crippen LogP contribution in [0.5, 0.6) is 0 Å². The number of carbonyl (C=O) groups is 5. The second kappa shape index (κ2) is 13.6. The zero-order valence-corrected chi connectivity index (χ0v) is 30.8. The Hall–Kier alpha value is -2.78. The molecule has 0 spiro atoms. The maximum absolute atomic E-state index is 14.3. The first kappa shape index (κ1) is 38.7. The summed E-state index contributed by atoms with van der Waals surface area (Å²) in [5.41, 5.74) is 3.80. The van der Waals surface area contributed by atoms with Crippen LogP contribution in [0.15, 0.2) is 0 Å². The summed E-state index contributed by atoms with van der Waals surface area (Å²) in [6.07, 6.45) is 3.15. The number of urea groups is 1. The Bertz CT molecular complexity index is 1350. The monoisotopic (exact) mass is 683 g/mol. The molecule has 1 heterocycles. The van der Waals surface area contributed by atoms with Crippen molar-refractivity contribution in [2.75, 3.05) is 34.2 Å². The highest BCUT2D eigenvalue weighted by molar-refractivity contribution is 7.86. The van der Waals surface area contributed by atoms with Crippen LogP contribution in [0.4, 0.5) is 4.79 Å². The minimum atomic E-state index is -3.74. The van der Waals surface area contributed by atoms with E-state index in [4.69, 9.17) is 5.73 Å². The number of nitrogens with zero attached hydrogens (tertiary/aromatic N) is 3. The Morgan fingerprint density at radius 1 is 0.936 bits per heavy atom. The molecule has 268 valence electrons. The Morgan fingerprint density at radius 3 is 1.96 bits per heavy atom. The average Bonchev–Trinajstić information content (AvgIpc) is 3.22. The normalized spacial score (nSPS) is 24.5. The summed E-state index contributed by atoms with van der Waals surface area (Å²) in [6, 6.07) is -4.26. The highest BCUT2D eigenvalue weighted by atomic mass is 32.2. The van der Waals surface area contributed by atoms with E-state index in [-0.39, 0.29) is 29.7 Å². The van der Waals surface area contributed by atoms with Gasteiger partial charge in [0, 0.05) is 40.3 Å². The van der Waals surface area contributed by atoms with Crippen molar-refractivity contribution in [1.82, 2.24) is 29.5 Å². The number of hydrogen-bond acceptors (Lipinski definition) is 7. The number of nitrogens with two attached hydrogens (primary N) is 1. The Morgan fingerprint density at radius 2 is 1.51 bits per heavy atom. The SMILES string of the molecule is CN(C)S(=O)(=O)N(C)C[C@@H](NC(=O)N[C@H](C(=O)N1C[C@H]2[C@@H]([C@H]1C(=O)NC(CC1CCC1)C(=O)C(N)=O)C2(C)C)C(C)(C)C)C(C)(C)C. The molecular weight excluding hydrogens is 626 g/mol. The van der Waals surface area contributed by atoms with Gasteiger partial charge in [0.05, 0.1) is 6.04 Å². The molecule has 1 unspecified atom stereocenters. The van der Waals surface area contributed by atoms with E-state index in [0.29, 0.717) is 13.0 Å². The standard InChI is InChI=1S/C32H57N7O7S/c1-30(2,3)21(17-38(11)47(45,46)37(9)10)35-29(44)36-25(31(4,5)6)28(43)39-16-19-22(32(19,7)8)23(39)27(42)34-20(24(40)26(33)41)15-18-13-12-14-18/h18-23,25H,12-17H2,1-11H3,(H2,33,41)(H,34,42)(H2,35,36,44)/t19-,20?,21+,22-,23-,25+/m0/s1. The summed E-state index contributed by atoms with van der Waals surface area (Å²) in [4.78, 5) is 67.8. The third-order valence-corrected chi connectivity index (χ3v) is 12.3. The van der Waals surface area contributed by atoms with Crippen LogP contribution in [-0.4, -0.2) is 110 Å². The molecule has 2 saturated carbocycles. The van der Waals surface area contributed by atoms with Crippen LogP contribution in [0.2, 0.25) is 0 Å². The van der Waals surface area contributed by atoms with Crippen LogP contribution in [0.25, 0.3) is 0 Å². The lowest BCUT2D eigenvalue weighted by Gasteiger charge is -2.39. The summed E-state index contributed by atoms with van der Waals surface area (Å²) in [6.45, 7) is 15.4. The Kier molecular flexibility index (Phi) is 11.2. The number of piperidine rings is 1. The van der Waals surface area contributed by atoms with E-state index in [1.165, 1.54) is 26.0 Å². The fourth-order valence-corrected chi connectivity index (χ4v) is 7.74. The lowest BCUT2D eigenvalue weighted by Crippen LogP contribution is -2.63. The second-order valence-electron chi connectivity index (χ2n) is 16.6. The smallest absolute Gasteiger partial charge is 0.315 e. The van der Waals surface area contributed by atoms with Crippen LogP contribution in [0, 0.1) is 34.0 Å².